The third-order valence-electron chi connectivity index (χ3n) is 5.19. The van der Waals surface area contributed by atoms with E-state index in [4.69, 9.17) is 0 Å². The van der Waals surface area contributed by atoms with Gasteiger partial charge in [0, 0.05) is 44.9 Å². The Kier molecular flexibility index (Phi) is 4.79. The molecule has 0 unspecified atom stereocenters. The highest BCUT2D eigenvalue weighted by Gasteiger charge is 2.27. The highest BCUT2D eigenvalue weighted by molar-refractivity contribution is 7.17. The van der Waals surface area contributed by atoms with Crippen molar-refractivity contribution in [2.24, 2.45) is 7.05 Å². The molecule has 0 spiro atoms. The Morgan fingerprint density at radius 2 is 1.72 bits per heavy atom. The molecule has 0 aliphatic carbocycles. The highest BCUT2D eigenvalue weighted by Crippen LogP contribution is 2.25. The van der Waals surface area contributed by atoms with Gasteiger partial charge in [0.15, 0.2) is 0 Å². The molecule has 3 aromatic rings. The number of carbonyl (C=O) groups excluding carboxylic acids is 2. The lowest BCUT2D eigenvalue weighted by Crippen LogP contribution is -2.50. The minimum atomic E-state index is -0.502. The third-order valence-corrected chi connectivity index (χ3v) is 6.21. The maximum atomic E-state index is 12.9. The van der Waals surface area contributed by atoms with Crippen LogP contribution in [0.5, 0.6) is 0 Å². The smallest absolute Gasteiger partial charge is 0.324 e. The number of piperazine rings is 1. The van der Waals surface area contributed by atoms with Crippen LogP contribution in [-0.2, 0) is 7.05 Å². The monoisotopic (exact) mass is 413 g/mol. The topological polar surface area (TPSA) is 102 Å². The van der Waals surface area contributed by atoms with Crippen molar-refractivity contribution in [3.8, 4) is 0 Å². The van der Waals surface area contributed by atoms with Crippen LogP contribution in [0.15, 0.2) is 30.3 Å². The highest BCUT2D eigenvalue weighted by atomic mass is 32.1. The molecule has 4 rings (SSSR count). The first-order valence-electron chi connectivity index (χ1n) is 9.11. The van der Waals surface area contributed by atoms with Crippen molar-refractivity contribution in [2.45, 2.75) is 6.92 Å². The number of amides is 2. The molecule has 0 bridgehead atoms. The van der Waals surface area contributed by atoms with Crippen molar-refractivity contribution < 1.29 is 14.5 Å². The van der Waals surface area contributed by atoms with E-state index in [1.54, 1.807) is 21.9 Å². The molecule has 1 fully saturated rings. The lowest BCUT2D eigenvalue weighted by molar-refractivity contribution is -0.380. The molecule has 1 aromatic carbocycles. The summed E-state index contributed by atoms with van der Waals surface area (Å²) in [6.45, 7) is 3.52. The molecule has 1 saturated heterocycles. The van der Waals surface area contributed by atoms with E-state index >= 15 is 0 Å². The molecule has 1 aliphatic rings. The van der Waals surface area contributed by atoms with Crippen molar-refractivity contribution in [3.63, 3.8) is 0 Å². The van der Waals surface area contributed by atoms with Crippen molar-refractivity contribution in [1.82, 2.24) is 19.4 Å². The normalized spacial score (nSPS) is 14.4. The van der Waals surface area contributed by atoms with E-state index in [9.17, 15) is 19.7 Å². The minimum absolute atomic E-state index is 0.0534. The van der Waals surface area contributed by atoms with Gasteiger partial charge in [0.25, 0.3) is 11.8 Å². The number of aromatic nitrogens is 2. The third kappa shape index (κ3) is 3.46. The first-order valence-corrected chi connectivity index (χ1v) is 9.92. The van der Waals surface area contributed by atoms with Crippen molar-refractivity contribution in [1.29, 1.82) is 0 Å². The second-order valence-corrected chi connectivity index (χ2v) is 7.96. The first-order chi connectivity index (χ1) is 13.8. The van der Waals surface area contributed by atoms with Gasteiger partial charge in [0.2, 0.25) is 0 Å². The zero-order valence-electron chi connectivity index (χ0n) is 16.0. The number of hydrogen-bond acceptors (Lipinski definition) is 6. The Balaban J connectivity index is 1.43. The van der Waals surface area contributed by atoms with Crippen LogP contribution >= 0.6 is 11.3 Å². The summed E-state index contributed by atoms with van der Waals surface area (Å²) in [4.78, 5) is 43.9. The number of thiophene rings is 1. The summed E-state index contributed by atoms with van der Waals surface area (Å²) in [6, 6.07) is 8.31. The molecule has 0 radical (unpaired) electrons. The van der Waals surface area contributed by atoms with Crippen molar-refractivity contribution in [3.05, 3.63) is 56.7 Å². The minimum Gasteiger partial charge on any atom is -0.335 e. The number of aryl methyl sites for hydroxylation is 2. The van der Waals surface area contributed by atoms with E-state index in [1.807, 2.05) is 24.6 Å². The average Bonchev–Trinajstić information content (AvgIpc) is 3.32. The number of fused-ring (bicyclic) bond motifs is 1. The molecule has 0 N–H and O–H groups in total. The largest absolute Gasteiger partial charge is 0.335 e. The van der Waals surface area contributed by atoms with Gasteiger partial charge in [0.05, 0.1) is 20.8 Å². The number of rotatable bonds is 3. The lowest BCUT2D eigenvalue weighted by atomic mass is 10.1. The fourth-order valence-corrected chi connectivity index (χ4v) is 4.23. The summed E-state index contributed by atoms with van der Waals surface area (Å²) in [5.41, 5.74) is 2.33. The summed E-state index contributed by atoms with van der Waals surface area (Å²) in [7, 11) is 1.94. The first kappa shape index (κ1) is 19.1. The van der Waals surface area contributed by atoms with Gasteiger partial charge in [-0.05, 0) is 31.2 Å². The molecule has 0 saturated carbocycles. The van der Waals surface area contributed by atoms with E-state index in [0.29, 0.717) is 36.6 Å². The zero-order valence-corrected chi connectivity index (χ0v) is 16.8. The fourth-order valence-electron chi connectivity index (χ4n) is 3.45. The maximum absolute atomic E-state index is 12.9. The molecule has 9 nitrogen and oxygen atoms in total. The van der Waals surface area contributed by atoms with Gasteiger partial charge < -0.3 is 14.4 Å². The average molecular weight is 413 g/mol. The maximum Gasteiger partial charge on any atom is 0.324 e. The van der Waals surface area contributed by atoms with Crippen LogP contribution in [0.1, 0.15) is 25.9 Å². The van der Waals surface area contributed by atoms with Crippen LogP contribution in [0.3, 0.4) is 0 Å². The molecular weight excluding hydrogens is 394 g/mol. The number of carbonyl (C=O) groups is 2. The molecule has 2 amide bonds. The van der Waals surface area contributed by atoms with Crippen molar-refractivity contribution in [2.75, 3.05) is 26.2 Å². The Morgan fingerprint density at radius 1 is 1.07 bits per heavy atom. The molecule has 2 aromatic heterocycles. The van der Waals surface area contributed by atoms with E-state index < -0.39 is 4.92 Å². The molecule has 3 heterocycles. The summed E-state index contributed by atoms with van der Waals surface area (Å²) in [5, 5.41) is 10.8. The number of hydrogen-bond donors (Lipinski definition) is 0. The van der Waals surface area contributed by atoms with Crippen molar-refractivity contribution >= 4 is 39.2 Å². The molecular formula is C19H19N5O4S. The predicted molar refractivity (Wildman–Crippen MR) is 108 cm³/mol. The van der Waals surface area contributed by atoms with Crippen LogP contribution in [0.2, 0.25) is 0 Å². The van der Waals surface area contributed by atoms with E-state index in [-0.39, 0.29) is 16.8 Å². The lowest BCUT2D eigenvalue weighted by Gasteiger charge is -2.34. The van der Waals surface area contributed by atoms with Crippen LogP contribution in [0.25, 0.3) is 11.0 Å². The Bertz CT molecular complexity index is 1130. The zero-order chi connectivity index (χ0) is 20.7. The summed E-state index contributed by atoms with van der Waals surface area (Å²) < 4.78 is 1.98. The number of imidazole rings is 1. The molecule has 10 heteroatoms. The summed E-state index contributed by atoms with van der Waals surface area (Å²) in [5.74, 6) is 0.556. The quantitative estimate of drug-likeness (QED) is 0.485. The molecule has 1 aliphatic heterocycles. The fraction of sp³-hybridized carbons (Fsp3) is 0.316. The van der Waals surface area contributed by atoms with E-state index in [2.05, 4.69) is 4.98 Å². The van der Waals surface area contributed by atoms with Gasteiger partial charge >= 0.3 is 5.00 Å². The van der Waals surface area contributed by atoms with Gasteiger partial charge in [-0.15, -0.1) is 0 Å². The van der Waals surface area contributed by atoms with Crippen LogP contribution < -0.4 is 0 Å². The van der Waals surface area contributed by atoms with E-state index in [1.165, 1.54) is 12.1 Å². The number of nitro groups is 1. The molecule has 0 atom stereocenters. The second-order valence-electron chi connectivity index (χ2n) is 6.90. The van der Waals surface area contributed by atoms with Crippen LogP contribution in [0.4, 0.5) is 5.00 Å². The second kappa shape index (κ2) is 7.28. The summed E-state index contributed by atoms with van der Waals surface area (Å²) >= 11 is 0.871. The predicted octanol–water partition coefficient (Wildman–Crippen LogP) is 2.45. The van der Waals surface area contributed by atoms with Gasteiger partial charge in [-0.1, -0.05) is 11.3 Å². The molecule has 29 heavy (non-hydrogen) atoms. The van der Waals surface area contributed by atoms with Crippen LogP contribution in [-0.4, -0.2) is 62.3 Å². The number of nitrogens with zero attached hydrogens (tertiary/aromatic N) is 5. The Hall–Kier alpha value is -3.27. The molecule has 150 valence electrons. The van der Waals surface area contributed by atoms with Crippen LogP contribution in [0, 0.1) is 17.0 Å². The van der Waals surface area contributed by atoms with Gasteiger partial charge in [0.1, 0.15) is 5.82 Å². The van der Waals surface area contributed by atoms with Gasteiger partial charge in [-0.2, -0.15) is 0 Å². The van der Waals surface area contributed by atoms with Gasteiger partial charge in [-0.25, -0.2) is 4.98 Å². The Morgan fingerprint density at radius 3 is 2.34 bits per heavy atom. The van der Waals surface area contributed by atoms with Gasteiger partial charge in [-0.3, -0.25) is 19.7 Å². The Labute approximate surface area is 170 Å². The SMILES string of the molecule is Cc1nc2cc(C(=O)N3CCN(C(=O)c4ccc([N+](=O)[O-])s4)CC3)ccc2n1C. The standard InChI is InChI=1S/C19H19N5O4S/c1-12-20-14-11-13(3-4-15(14)21(12)2)18(25)22-7-9-23(10-8-22)19(26)16-5-6-17(29-16)24(27)28/h3-6,11H,7-10H2,1-2H3. The van der Waals surface area contributed by atoms with E-state index in [0.717, 1.165) is 28.2 Å². The summed E-state index contributed by atoms with van der Waals surface area (Å²) in [6.07, 6.45) is 0. The number of benzene rings is 1.